The van der Waals surface area contributed by atoms with E-state index in [1.807, 2.05) is 32.0 Å². The Kier molecular flexibility index (Phi) is 5.35. The van der Waals surface area contributed by atoms with E-state index in [9.17, 15) is 9.59 Å². The van der Waals surface area contributed by atoms with Gasteiger partial charge in [-0.15, -0.1) is 0 Å². The van der Waals surface area contributed by atoms with Crippen LogP contribution in [-0.2, 0) is 16.1 Å². The lowest BCUT2D eigenvalue weighted by Gasteiger charge is -2.26. The molecule has 0 fully saturated rings. The summed E-state index contributed by atoms with van der Waals surface area (Å²) in [6, 6.07) is 7.45. The number of carbonyl (C=O) groups is 2. The molecule has 1 aromatic rings. The SMILES string of the molecule is CC(=O)CC(=O)N(Cc1cccc(Cl)c1)C(C)C. The Morgan fingerprint density at radius 2 is 2.00 bits per heavy atom. The molecule has 3 nitrogen and oxygen atoms in total. The molecule has 0 saturated carbocycles. The van der Waals surface area contributed by atoms with Gasteiger partial charge in [0.1, 0.15) is 5.78 Å². The van der Waals surface area contributed by atoms with Gasteiger partial charge in [0.15, 0.2) is 0 Å². The molecule has 0 aliphatic heterocycles. The van der Waals surface area contributed by atoms with Crippen LogP contribution in [0.1, 0.15) is 32.8 Å². The lowest BCUT2D eigenvalue weighted by atomic mass is 10.1. The molecule has 1 amide bonds. The number of ketones is 1. The van der Waals surface area contributed by atoms with E-state index in [4.69, 9.17) is 11.6 Å². The summed E-state index contributed by atoms with van der Waals surface area (Å²) in [5, 5.41) is 0.648. The first kappa shape index (κ1) is 14.7. The highest BCUT2D eigenvalue weighted by molar-refractivity contribution is 6.30. The average Bonchev–Trinajstić information content (AvgIpc) is 2.24. The summed E-state index contributed by atoms with van der Waals surface area (Å²) >= 11 is 5.91. The van der Waals surface area contributed by atoms with Gasteiger partial charge < -0.3 is 4.90 Å². The summed E-state index contributed by atoms with van der Waals surface area (Å²) in [7, 11) is 0. The first-order valence-electron chi connectivity index (χ1n) is 5.93. The van der Waals surface area contributed by atoms with Crippen molar-refractivity contribution in [2.45, 2.75) is 39.8 Å². The third-order valence-corrected chi connectivity index (χ3v) is 2.82. The van der Waals surface area contributed by atoms with Crippen LogP contribution in [0.25, 0.3) is 0 Å². The van der Waals surface area contributed by atoms with E-state index in [0.29, 0.717) is 11.6 Å². The summed E-state index contributed by atoms with van der Waals surface area (Å²) in [4.78, 5) is 24.7. The van der Waals surface area contributed by atoms with E-state index in [1.165, 1.54) is 6.92 Å². The molecule has 4 heteroatoms. The number of amides is 1. The molecule has 0 atom stereocenters. The minimum atomic E-state index is -0.141. The van der Waals surface area contributed by atoms with Crippen LogP contribution in [0, 0.1) is 0 Å². The zero-order chi connectivity index (χ0) is 13.7. The number of hydrogen-bond acceptors (Lipinski definition) is 2. The molecule has 0 saturated heterocycles. The maximum atomic E-state index is 12.0. The Labute approximate surface area is 113 Å². The number of Topliss-reactive ketones (excluding diaryl/α,β-unsaturated/α-hetero) is 1. The predicted octanol–water partition coefficient (Wildman–Crippen LogP) is 3.06. The second-order valence-corrected chi connectivity index (χ2v) is 5.06. The smallest absolute Gasteiger partial charge is 0.230 e. The van der Waals surface area contributed by atoms with E-state index in [0.717, 1.165) is 5.56 Å². The fourth-order valence-corrected chi connectivity index (χ4v) is 1.92. The molecule has 0 spiro atoms. The lowest BCUT2D eigenvalue weighted by Crippen LogP contribution is -2.37. The molecule has 0 aliphatic rings. The number of rotatable bonds is 5. The van der Waals surface area contributed by atoms with Gasteiger partial charge in [-0.1, -0.05) is 23.7 Å². The number of nitrogens with zero attached hydrogens (tertiary/aromatic N) is 1. The molecule has 0 unspecified atom stereocenters. The molecular formula is C14H18ClNO2. The second-order valence-electron chi connectivity index (χ2n) is 4.62. The number of hydrogen-bond donors (Lipinski definition) is 0. The van der Waals surface area contributed by atoms with Crippen LogP contribution in [0.2, 0.25) is 5.02 Å². The van der Waals surface area contributed by atoms with Crippen molar-refractivity contribution in [1.82, 2.24) is 4.90 Å². The van der Waals surface area contributed by atoms with E-state index >= 15 is 0 Å². The molecule has 0 radical (unpaired) electrons. The van der Waals surface area contributed by atoms with Gasteiger partial charge in [-0.3, -0.25) is 9.59 Å². The highest BCUT2D eigenvalue weighted by Gasteiger charge is 2.18. The van der Waals surface area contributed by atoms with Gasteiger partial charge in [-0.2, -0.15) is 0 Å². The summed E-state index contributed by atoms with van der Waals surface area (Å²) in [6.45, 7) is 5.77. The normalized spacial score (nSPS) is 10.5. The maximum Gasteiger partial charge on any atom is 0.230 e. The average molecular weight is 268 g/mol. The van der Waals surface area contributed by atoms with Crippen molar-refractivity contribution in [2.75, 3.05) is 0 Å². The van der Waals surface area contributed by atoms with Crippen molar-refractivity contribution in [1.29, 1.82) is 0 Å². The molecule has 18 heavy (non-hydrogen) atoms. The van der Waals surface area contributed by atoms with Crippen LogP contribution in [0.4, 0.5) is 0 Å². The van der Waals surface area contributed by atoms with Gasteiger partial charge in [-0.05, 0) is 38.5 Å². The van der Waals surface area contributed by atoms with Crippen LogP contribution in [-0.4, -0.2) is 22.6 Å². The number of carbonyl (C=O) groups excluding carboxylic acids is 2. The highest BCUT2D eigenvalue weighted by atomic mass is 35.5. The van der Waals surface area contributed by atoms with E-state index in [1.54, 1.807) is 11.0 Å². The molecular weight excluding hydrogens is 250 g/mol. The summed E-state index contributed by atoms with van der Waals surface area (Å²) < 4.78 is 0. The van der Waals surface area contributed by atoms with Crippen molar-refractivity contribution in [3.8, 4) is 0 Å². The largest absolute Gasteiger partial charge is 0.336 e. The fraction of sp³-hybridized carbons (Fsp3) is 0.429. The Hall–Kier alpha value is -1.35. The Morgan fingerprint density at radius 1 is 1.33 bits per heavy atom. The van der Waals surface area contributed by atoms with Crippen LogP contribution in [0.15, 0.2) is 24.3 Å². The molecule has 1 rings (SSSR count). The first-order chi connectivity index (χ1) is 8.40. The zero-order valence-corrected chi connectivity index (χ0v) is 11.7. The zero-order valence-electron chi connectivity index (χ0n) is 10.9. The first-order valence-corrected chi connectivity index (χ1v) is 6.31. The van der Waals surface area contributed by atoms with Crippen molar-refractivity contribution in [3.05, 3.63) is 34.9 Å². The van der Waals surface area contributed by atoms with Gasteiger partial charge in [0.05, 0.1) is 6.42 Å². The van der Waals surface area contributed by atoms with Gasteiger partial charge >= 0.3 is 0 Å². The van der Waals surface area contributed by atoms with Crippen LogP contribution < -0.4 is 0 Å². The van der Waals surface area contributed by atoms with Crippen LogP contribution in [0.5, 0.6) is 0 Å². The Bertz CT molecular complexity index is 443. The third kappa shape index (κ3) is 4.49. The predicted molar refractivity (Wildman–Crippen MR) is 72.4 cm³/mol. The molecule has 0 N–H and O–H groups in total. The van der Waals surface area contributed by atoms with Crippen molar-refractivity contribution >= 4 is 23.3 Å². The topological polar surface area (TPSA) is 37.4 Å². The Morgan fingerprint density at radius 3 is 2.50 bits per heavy atom. The molecule has 0 aliphatic carbocycles. The minimum absolute atomic E-state index is 0.0429. The van der Waals surface area contributed by atoms with Crippen molar-refractivity contribution in [3.63, 3.8) is 0 Å². The number of benzene rings is 1. The van der Waals surface area contributed by atoms with E-state index in [2.05, 4.69) is 0 Å². The standard InChI is InChI=1S/C14H18ClNO2/c1-10(2)16(14(18)7-11(3)17)9-12-5-4-6-13(15)8-12/h4-6,8,10H,7,9H2,1-3H3. The molecule has 0 aromatic heterocycles. The van der Waals surface area contributed by atoms with Crippen molar-refractivity contribution < 1.29 is 9.59 Å². The van der Waals surface area contributed by atoms with Crippen molar-refractivity contribution in [2.24, 2.45) is 0 Å². The molecule has 98 valence electrons. The number of halogens is 1. The molecule has 0 bridgehead atoms. The van der Waals surface area contributed by atoms with Gasteiger partial charge in [0.2, 0.25) is 5.91 Å². The third-order valence-electron chi connectivity index (χ3n) is 2.59. The Balaban J connectivity index is 2.80. The quantitative estimate of drug-likeness (QED) is 0.769. The van der Waals surface area contributed by atoms with E-state index < -0.39 is 0 Å². The molecule has 0 heterocycles. The minimum Gasteiger partial charge on any atom is -0.336 e. The molecule has 1 aromatic carbocycles. The highest BCUT2D eigenvalue weighted by Crippen LogP contribution is 2.15. The van der Waals surface area contributed by atoms with Gasteiger partial charge in [0, 0.05) is 17.6 Å². The maximum absolute atomic E-state index is 12.0. The lowest BCUT2D eigenvalue weighted by molar-refractivity contribution is -0.136. The van der Waals surface area contributed by atoms with Crippen LogP contribution >= 0.6 is 11.6 Å². The second kappa shape index (κ2) is 6.55. The summed E-state index contributed by atoms with van der Waals surface area (Å²) in [5.41, 5.74) is 0.966. The summed E-state index contributed by atoms with van der Waals surface area (Å²) in [6.07, 6.45) is -0.0429. The van der Waals surface area contributed by atoms with E-state index in [-0.39, 0.29) is 24.2 Å². The van der Waals surface area contributed by atoms with Gasteiger partial charge in [0.25, 0.3) is 0 Å². The van der Waals surface area contributed by atoms with Gasteiger partial charge in [-0.25, -0.2) is 0 Å². The monoisotopic (exact) mass is 267 g/mol. The van der Waals surface area contributed by atoms with Crippen LogP contribution in [0.3, 0.4) is 0 Å². The fourth-order valence-electron chi connectivity index (χ4n) is 1.71. The summed E-state index contributed by atoms with van der Waals surface area (Å²) in [5.74, 6) is -0.255.